The molecule has 0 atom stereocenters. The Hall–Kier alpha value is -1.48. The zero-order valence-electron chi connectivity index (χ0n) is 9.77. The molecule has 0 saturated heterocycles. The standard InChI is InChI=1S/C12H13FO.CH4O/c1-9(2)11-6-5-10(4-3-7-14)8-12(11)13;1-2/h3-9H,1-2H3;2H,1H3/b4-3+;. The minimum atomic E-state index is -0.215. The van der Waals surface area contributed by atoms with E-state index in [4.69, 9.17) is 5.11 Å². The van der Waals surface area contributed by atoms with Gasteiger partial charge in [-0.25, -0.2) is 4.39 Å². The number of rotatable bonds is 3. The van der Waals surface area contributed by atoms with Crippen molar-refractivity contribution in [2.45, 2.75) is 19.8 Å². The molecule has 0 aliphatic heterocycles. The van der Waals surface area contributed by atoms with Crippen LogP contribution in [0, 0.1) is 5.82 Å². The van der Waals surface area contributed by atoms with E-state index < -0.39 is 0 Å². The summed E-state index contributed by atoms with van der Waals surface area (Å²) < 4.78 is 13.4. The highest BCUT2D eigenvalue weighted by Gasteiger charge is 2.05. The number of aldehydes is 1. The topological polar surface area (TPSA) is 37.3 Å². The zero-order chi connectivity index (χ0) is 12.6. The number of carbonyl (C=O) groups is 1. The van der Waals surface area contributed by atoms with E-state index in [0.717, 1.165) is 7.11 Å². The fraction of sp³-hybridized carbons (Fsp3) is 0.308. The van der Waals surface area contributed by atoms with Gasteiger partial charge in [-0.2, -0.15) is 0 Å². The van der Waals surface area contributed by atoms with Crippen LogP contribution in [0.3, 0.4) is 0 Å². The number of allylic oxidation sites excluding steroid dienone is 1. The van der Waals surface area contributed by atoms with Crippen molar-refractivity contribution in [2.24, 2.45) is 0 Å². The first kappa shape index (κ1) is 14.5. The minimum Gasteiger partial charge on any atom is -0.400 e. The van der Waals surface area contributed by atoms with Crippen LogP contribution in [-0.2, 0) is 4.79 Å². The predicted octanol–water partition coefficient (Wildman–Crippen LogP) is 2.77. The maximum atomic E-state index is 13.4. The number of carbonyl (C=O) groups excluding carboxylic acids is 1. The molecule has 1 N–H and O–H groups in total. The summed E-state index contributed by atoms with van der Waals surface area (Å²) in [5.74, 6) is -0.0350. The van der Waals surface area contributed by atoms with Gasteiger partial charge in [-0.15, -0.1) is 0 Å². The molecule has 0 unspecified atom stereocenters. The number of hydrogen-bond acceptors (Lipinski definition) is 2. The van der Waals surface area contributed by atoms with Crippen molar-refractivity contribution in [2.75, 3.05) is 7.11 Å². The van der Waals surface area contributed by atoms with Gasteiger partial charge in [0.1, 0.15) is 12.1 Å². The molecule has 2 nitrogen and oxygen atoms in total. The number of hydrogen-bond donors (Lipinski definition) is 1. The molecule has 88 valence electrons. The summed E-state index contributed by atoms with van der Waals surface area (Å²) in [5, 5.41) is 7.00. The first-order valence-electron chi connectivity index (χ1n) is 5.01. The Labute approximate surface area is 95.4 Å². The van der Waals surface area contributed by atoms with Gasteiger partial charge in [0, 0.05) is 7.11 Å². The van der Waals surface area contributed by atoms with Crippen LogP contribution in [0.2, 0.25) is 0 Å². The number of aliphatic hydroxyl groups excluding tert-OH is 1. The van der Waals surface area contributed by atoms with Crippen molar-refractivity contribution in [1.29, 1.82) is 0 Å². The minimum absolute atomic E-state index is 0.180. The lowest BCUT2D eigenvalue weighted by Gasteiger charge is -2.06. The summed E-state index contributed by atoms with van der Waals surface area (Å²) in [4.78, 5) is 10.1. The van der Waals surface area contributed by atoms with E-state index >= 15 is 0 Å². The van der Waals surface area contributed by atoms with Crippen LogP contribution in [0.5, 0.6) is 0 Å². The summed E-state index contributed by atoms with van der Waals surface area (Å²) in [5.41, 5.74) is 1.41. The van der Waals surface area contributed by atoms with Gasteiger partial charge >= 0.3 is 0 Å². The normalized spacial score (nSPS) is 10.1. The SMILES string of the molecule is CC(C)c1ccc(/C=C/C=O)cc1F.CO. The Morgan fingerprint density at radius 3 is 2.38 bits per heavy atom. The van der Waals surface area contributed by atoms with E-state index in [1.807, 2.05) is 13.8 Å². The maximum absolute atomic E-state index is 13.4. The molecule has 3 heteroatoms. The fourth-order valence-electron chi connectivity index (χ4n) is 1.27. The predicted molar refractivity (Wildman–Crippen MR) is 63.7 cm³/mol. The van der Waals surface area contributed by atoms with Gasteiger partial charge in [-0.3, -0.25) is 4.79 Å². The third-order valence-electron chi connectivity index (χ3n) is 2.01. The molecular formula is C13H17FO2. The molecule has 16 heavy (non-hydrogen) atoms. The van der Waals surface area contributed by atoms with Crippen molar-refractivity contribution in [3.8, 4) is 0 Å². The summed E-state index contributed by atoms with van der Waals surface area (Å²) in [7, 11) is 1.00. The molecule has 0 saturated carbocycles. The second-order valence-corrected chi connectivity index (χ2v) is 3.43. The molecule has 1 aromatic rings. The van der Waals surface area contributed by atoms with Crippen LogP contribution in [0.15, 0.2) is 24.3 Å². The zero-order valence-corrected chi connectivity index (χ0v) is 9.77. The van der Waals surface area contributed by atoms with E-state index in [1.165, 1.54) is 12.1 Å². The van der Waals surface area contributed by atoms with E-state index in [2.05, 4.69) is 0 Å². The van der Waals surface area contributed by atoms with Crippen molar-refractivity contribution in [1.82, 2.24) is 0 Å². The smallest absolute Gasteiger partial charge is 0.142 e. The van der Waals surface area contributed by atoms with Gasteiger partial charge < -0.3 is 5.11 Å². The highest BCUT2D eigenvalue weighted by atomic mass is 19.1. The lowest BCUT2D eigenvalue weighted by molar-refractivity contribution is -0.104. The molecule has 0 heterocycles. The Kier molecular flexibility index (Phi) is 7.05. The van der Waals surface area contributed by atoms with Gasteiger partial charge in [0.15, 0.2) is 0 Å². The molecule has 0 aromatic heterocycles. The number of halogens is 1. The van der Waals surface area contributed by atoms with Gasteiger partial charge in [0.25, 0.3) is 0 Å². The molecule has 0 bridgehead atoms. The van der Waals surface area contributed by atoms with E-state index in [0.29, 0.717) is 17.4 Å². The monoisotopic (exact) mass is 224 g/mol. The van der Waals surface area contributed by atoms with E-state index in [9.17, 15) is 9.18 Å². The van der Waals surface area contributed by atoms with Crippen molar-refractivity contribution >= 4 is 12.4 Å². The summed E-state index contributed by atoms with van der Waals surface area (Å²) >= 11 is 0. The average Bonchev–Trinajstić information content (AvgIpc) is 2.28. The number of benzene rings is 1. The third kappa shape index (κ3) is 4.36. The molecule has 0 aliphatic rings. The molecule has 0 spiro atoms. The summed E-state index contributed by atoms with van der Waals surface area (Å²) in [6, 6.07) is 5.00. The fourth-order valence-corrected chi connectivity index (χ4v) is 1.27. The quantitative estimate of drug-likeness (QED) is 0.633. The van der Waals surface area contributed by atoms with Crippen LogP contribution < -0.4 is 0 Å². The molecule has 0 fully saturated rings. The summed E-state index contributed by atoms with van der Waals surface area (Å²) in [6.07, 6.45) is 3.61. The first-order valence-corrected chi connectivity index (χ1v) is 5.01. The second-order valence-electron chi connectivity index (χ2n) is 3.43. The van der Waals surface area contributed by atoms with Crippen LogP contribution in [-0.4, -0.2) is 18.5 Å². The van der Waals surface area contributed by atoms with Gasteiger partial charge in [-0.1, -0.05) is 32.1 Å². The molecule has 0 radical (unpaired) electrons. The Balaban J connectivity index is 0.00000106. The van der Waals surface area contributed by atoms with Crippen LogP contribution in [0.4, 0.5) is 4.39 Å². The first-order chi connectivity index (χ1) is 7.65. The highest BCUT2D eigenvalue weighted by Crippen LogP contribution is 2.19. The lowest BCUT2D eigenvalue weighted by atomic mass is 10.0. The molecule has 0 aliphatic carbocycles. The van der Waals surface area contributed by atoms with Crippen LogP contribution in [0.1, 0.15) is 30.9 Å². The third-order valence-corrected chi connectivity index (χ3v) is 2.01. The molecule has 1 aromatic carbocycles. The largest absolute Gasteiger partial charge is 0.400 e. The number of aliphatic hydroxyl groups is 1. The Morgan fingerprint density at radius 2 is 1.94 bits per heavy atom. The van der Waals surface area contributed by atoms with Crippen molar-refractivity contribution in [3.63, 3.8) is 0 Å². The molecular weight excluding hydrogens is 207 g/mol. The average molecular weight is 224 g/mol. The van der Waals surface area contributed by atoms with Crippen LogP contribution in [0.25, 0.3) is 6.08 Å². The van der Waals surface area contributed by atoms with E-state index in [1.54, 1.807) is 18.2 Å². The second kappa shape index (κ2) is 7.77. The molecule has 1 rings (SSSR count). The van der Waals surface area contributed by atoms with Gasteiger partial charge in [0.2, 0.25) is 0 Å². The van der Waals surface area contributed by atoms with Gasteiger partial charge in [-0.05, 0) is 29.2 Å². The van der Waals surface area contributed by atoms with Gasteiger partial charge in [0.05, 0.1) is 0 Å². The van der Waals surface area contributed by atoms with Crippen molar-refractivity contribution in [3.05, 3.63) is 41.2 Å². The summed E-state index contributed by atoms with van der Waals surface area (Å²) in [6.45, 7) is 3.89. The van der Waals surface area contributed by atoms with Crippen LogP contribution >= 0.6 is 0 Å². The van der Waals surface area contributed by atoms with E-state index in [-0.39, 0.29) is 11.7 Å². The Bertz CT molecular complexity index is 357. The molecule has 0 amide bonds. The highest BCUT2D eigenvalue weighted by molar-refractivity contribution is 5.73. The lowest BCUT2D eigenvalue weighted by Crippen LogP contribution is -1.92. The van der Waals surface area contributed by atoms with Crippen molar-refractivity contribution < 1.29 is 14.3 Å². The maximum Gasteiger partial charge on any atom is 0.142 e. The Morgan fingerprint density at radius 1 is 1.31 bits per heavy atom.